The fourth-order valence-corrected chi connectivity index (χ4v) is 3.50. The number of thiazole rings is 1. The lowest BCUT2D eigenvalue weighted by atomic mass is 10.2. The van der Waals surface area contributed by atoms with Crippen LogP contribution in [0, 0.1) is 0 Å². The Balaban J connectivity index is 1.49. The van der Waals surface area contributed by atoms with E-state index < -0.39 is 0 Å². The van der Waals surface area contributed by atoms with Crippen LogP contribution in [0.4, 0.5) is 5.13 Å². The first kappa shape index (κ1) is 13.8. The normalized spacial score (nSPS) is 26.2. The molecule has 7 heteroatoms. The Bertz CT molecular complexity index is 479. The minimum atomic E-state index is -0.343. The first-order valence-electron chi connectivity index (χ1n) is 6.90. The van der Waals surface area contributed by atoms with Crippen LogP contribution in [0.5, 0.6) is 0 Å². The maximum atomic E-state index is 11.3. The Morgan fingerprint density at radius 1 is 1.70 bits per heavy atom. The number of anilines is 1. The molecule has 3 heterocycles. The standard InChI is InChI=1S/C13H19N3O3S/c1-18-12(17)11-6-15-13(20-11)14-5-10-7-16-4-2-3-9(16)8-19-10/h6,9-10H,2-5,7-8H2,1H3,(H,14,15). The van der Waals surface area contributed by atoms with Gasteiger partial charge in [-0.15, -0.1) is 0 Å². The summed E-state index contributed by atoms with van der Waals surface area (Å²) in [6, 6.07) is 0.622. The lowest BCUT2D eigenvalue weighted by Crippen LogP contribution is -2.48. The molecule has 3 rings (SSSR count). The minimum absolute atomic E-state index is 0.190. The molecule has 20 heavy (non-hydrogen) atoms. The largest absolute Gasteiger partial charge is 0.465 e. The van der Waals surface area contributed by atoms with E-state index in [-0.39, 0.29) is 12.1 Å². The predicted molar refractivity (Wildman–Crippen MR) is 76.3 cm³/mol. The lowest BCUT2D eigenvalue weighted by Gasteiger charge is -2.35. The van der Waals surface area contributed by atoms with Gasteiger partial charge in [-0.05, 0) is 19.4 Å². The maximum absolute atomic E-state index is 11.3. The van der Waals surface area contributed by atoms with E-state index in [1.54, 1.807) is 0 Å². The van der Waals surface area contributed by atoms with Gasteiger partial charge in [0.25, 0.3) is 0 Å². The van der Waals surface area contributed by atoms with E-state index in [9.17, 15) is 4.79 Å². The smallest absolute Gasteiger partial charge is 0.349 e. The first-order valence-corrected chi connectivity index (χ1v) is 7.71. The van der Waals surface area contributed by atoms with Gasteiger partial charge in [0.15, 0.2) is 5.13 Å². The van der Waals surface area contributed by atoms with Gasteiger partial charge in [0.2, 0.25) is 0 Å². The van der Waals surface area contributed by atoms with Crippen LogP contribution in [0.3, 0.4) is 0 Å². The molecule has 2 aliphatic rings. The molecule has 0 aliphatic carbocycles. The van der Waals surface area contributed by atoms with Gasteiger partial charge in [-0.1, -0.05) is 11.3 Å². The van der Waals surface area contributed by atoms with Crippen molar-refractivity contribution in [1.82, 2.24) is 9.88 Å². The van der Waals surface area contributed by atoms with E-state index >= 15 is 0 Å². The molecule has 0 saturated carbocycles. The SMILES string of the molecule is COC(=O)c1cnc(NCC2CN3CCCC3CO2)s1. The third-order valence-corrected chi connectivity index (χ3v) is 4.77. The molecule has 0 aromatic carbocycles. The molecule has 0 amide bonds. The number of carbonyl (C=O) groups is 1. The fourth-order valence-electron chi connectivity index (χ4n) is 2.76. The quantitative estimate of drug-likeness (QED) is 0.843. The van der Waals surface area contributed by atoms with Gasteiger partial charge >= 0.3 is 5.97 Å². The number of hydrogen-bond donors (Lipinski definition) is 1. The first-order chi connectivity index (χ1) is 9.76. The molecule has 6 nitrogen and oxygen atoms in total. The number of rotatable bonds is 4. The molecule has 2 fully saturated rings. The third-order valence-electron chi connectivity index (χ3n) is 3.83. The highest BCUT2D eigenvalue weighted by molar-refractivity contribution is 7.17. The van der Waals surface area contributed by atoms with Crippen molar-refractivity contribution >= 4 is 22.4 Å². The Hall–Kier alpha value is -1.18. The zero-order valence-electron chi connectivity index (χ0n) is 11.5. The number of nitrogens with zero attached hydrogens (tertiary/aromatic N) is 2. The molecule has 0 spiro atoms. The van der Waals surface area contributed by atoms with Crippen molar-refractivity contribution < 1.29 is 14.3 Å². The van der Waals surface area contributed by atoms with Gasteiger partial charge in [-0.25, -0.2) is 9.78 Å². The molecule has 0 radical (unpaired) electrons. The van der Waals surface area contributed by atoms with Crippen LogP contribution in [0.2, 0.25) is 0 Å². The number of hydrogen-bond acceptors (Lipinski definition) is 7. The van der Waals surface area contributed by atoms with Gasteiger partial charge < -0.3 is 14.8 Å². The highest BCUT2D eigenvalue weighted by Gasteiger charge is 2.32. The maximum Gasteiger partial charge on any atom is 0.349 e. The second kappa shape index (κ2) is 6.07. The number of esters is 1. The fraction of sp³-hybridized carbons (Fsp3) is 0.692. The third kappa shape index (κ3) is 2.94. The van der Waals surface area contributed by atoms with Crippen LogP contribution in [0.15, 0.2) is 6.20 Å². The number of methoxy groups -OCH3 is 1. The summed E-state index contributed by atoms with van der Waals surface area (Å²) in [6.45, 7) is 3.72. The molecule has 2 unspecified atom stereocenters. The zero-order chi connectivity index (χ0) is 13.9. The number of ether oxygens (including phenoxy) is 2. The average molecular weight is 297 g/mol. The van der Waals surface area contributed by atoms with Crippen LogP contribution in [0.25, 0.3) is 0 Å². The van der Waals surface area contributed by atoms with Crippen LogP contribution in [-0.4, -0.2) is 61.3 Å². The van der Waals surface area contributed by atoms with E-state index in [0.29, 0.717) is 10.9 Å². The summed E-state index contributed by atoms with van der Waals surface area (Å²) in [4.78, 5) is 18.5. The van der Waals surface area contributed by atoms with E-state index in [1.165, 1.54) is 44.0 Å². The van der Waals surface area contributed by atoms with E-state index in [2.05, 4.69) is 19.9 Å². The lowest BCUT2D eigenvalue weighted by molar-refractivity contribution is -0.0415. The van der Waals surface area contributed by atoms with Crippen molar-refractivity contribution in [3.8, 4) is 0 Å². The van der Waals surface area contributed by atoms with E-state index in [1.807, 2.05) is 0 Å². The second-order valence-electron chi connectivity index (χ2n) is 5.15. The van der Waals surface area contributed by atoms with Gasteiger partial charge in [-0.3, -0.25) is 4.90 Å². The van der Waals surface area contributed by atoms with Crippen LogP contribution in [0.1, 0.15) is 22.5 Å². The molecule has 2 aliphatic heterocycles. The molecule has 1 aromatic heterocycles. The molecule has 2 saturated heterocycles. The van der Waals surface area contributed by atoms with E-state index in [0.717, 1.165) is 24.8 Å². The molecule has 1 aromatic rings. The van der Waals surface area contributed by atoms with Crippen molar-refractivity contribution in [3.05, 3.63) is 11.1 Å². The Morgan fingerprint density at radius 3 is 3.45 bits per heavy atom. The second-order valence-corrected chi connectivity index (χ2v) is 6.18. The summed E-state index contributed by atoms with van der Waals surface area (Å²) in [7, 11) is 1.37. The Labute approximate surface area is 122 Å². The van der Waals surface area contributed by atoms with Crippen LogP contribution in [-0.2, 0) is 9.47 Å². The van der Waals surface area contributed by atoms with Crippen molar-refractivity contribution in [2.24, 2.45) is 0 Å². The predicted octanol–water partition coefficient (Wildman–Crippen LogP) is 1.20. The number of aromatic nitrogens is 1. The summed E-state index contributed by atoms with van der Waals surface area (Å²) >= 11 is 1.31. The molecule has 2 atom stereocenters. The molecular weight excluding hydrogens is 278 g/mol. The van der Waals surface area contributed by atoms with Crippen LogP contribution >= 0.6 is 11.3 Å². The zero-order valence-corrected chi connectivity index (χ0v) is 12.3. The summed E-state index contributed by atoms with van der Waals surface area (Å²) in [5.41, 5.74) is 0. The van der Waals surface area contributed by atoms with Crippen LogP contribution < -0.4 is 5.32 Å². The van der Waals surface area contributed by atoms with E-state index in [4.69, 9.17) is 4.74 Å². The minimum Gasteiger partial charge on any atom is -0.465 e. The summed E-state index contributed by atoms with van der Waals surface area (Å²) in [6.07, 6.45) is 4.27. The van der Waals surface area contributed by atoms with Crippen molar-refractivity contribution in [1.29, 1.82) is 0 Å². The number of fused-ring (bicyclic) bond motifs is 1. The molecule has 1 N–H and O–H groups in total. The Morgan fingerprint density at radius 2 is 2.60 bits per heavy atom. The molecular formula is C13H19N3O3S. The highest BCUT2D eigenvalue weighted by atomic mass is 32.1. The van der Waals surface area contributed by atoms with Crippen molar-refractivity contribution in [2.75, 3.05) is 38.7 Å². The molecule has 0 bridgehead atoms. The summed E-state index contributed by atoms with van der Waals surface area (Å²) < 4.78 is 10.5. The van der Waals surface area contributed by atoms with Gasteiger partial charge in [0.05, 0.1) is 26.0 Å². The summed E-state index contributed by atoms with van der Waals surface area (Å²) in [5.74, 6) is -0.343. The number of carbonyl (C=O) groups excluding carboxylic acids is 1. The highest BCUT2D eigenvalue weighted by Crippen LogP contribution is 2.23. The number of morpholine rings is 1. The Kier molecular flexibility index (Phi) is 4.18. The van der Waals surface area contributed by atoms with Gasteiger partial charge in [-0.2, -0.15) is 0 Å². The van der Waals surface area contributed by atoms with Crippen molar-refractivity contribution in [3.63, 3.8) is 0 Å². The summed E-state index contributed by atoms with van der Waals surface area (Å²) in [5, 5.41) is 3.98. The topological polar surface area (TPSA) is 63.7 Å². The molecule has 110 valence electrons. The van der Waals surface area contributed by atoms with Crippen molar-refractivity contribution in [2.45, 2.75) is 25.0 Å². The van der Waals surface area contributed by atoms with Gasteiger partial charge in [0.1, 0.15) is 4.88 Å². The average Bonchev–Trinajstić information content (AvgIpc) is 3.12. The van der Waals surface area contributed by atoms with Gasteiger partial charge in [0, 0.05) is 19.1 Å². The number of nitrogens with one attached hydrogen (secondary N) is 1. The monoisotopic (exact) mass is 297 g/mol.